The Kier molecular flexibility index (Phi) is 7.24. The van der Waals surface area contributed by atoms with Gasteiger partial charge in [-0.3, -0.25) is 9.59 Å². The van der Waals surface area contributed by atoms with E-state index >= 15 is 0 Å². The second kappa shape index (κ2) is 10.3. The van der Waals surface area contributed by atoms with E-state index in [2.05, 4.69) is 10.6 Å². The first-order valence-corrected chi connectivity index (χ1v) is 10.2. The Morgan fingerprint density at radius 2 is 1.76 bits per heavy atom. The third-order valence-electron chi connectivity index (χ3n) is 3.94. The smallest absolute Gasteiger partial charge is 0.252 e. The Labute approximate surface area is 173 Å². The normalized spacial score (nSPS) is 10.2. The third kappa shape index (κ3) is 6.08. The van der Waals surface area contributed by atoms with Crippen molar-refractivity contribution in [2.24, 2.45) is 0 Å². The molecule has 3 aromatic rings. The van der Waals surface area contributed by atoms with Gasteiger partial charge in [0.05, 0.1) is 12.3 Å². The van der Waals surface area contributed by atoms with E-state index in [-0.39, 0.29) is 24.8 Å². The van der Waals surface area contributed by atoms with Crippen LogP contribution in [0.4, 0.5) is 5.69 Å². The van der Waals surface area contributed by atoms with Crippen LogP contribution in [-0.4, -0.2) is 25.0 Å². The first-order chi connectivity index (χ1) is 14.2. The minimum atomic E-state index is -0.210. The van der Waals surface area contributed by atoms with E-state index in [0.29, 0.717) is 29.4 Å². The fraction of sp³-hybridized carbons (Fsp3) is 0.182. The third-order valence-corrected chi connectivity index (χ3v) is 4.63. The maximum atomic E-state index is 12.3. The first-order valence-electron chi connectivity index (χ1n) is 9.25. The summed E-state index contributed by atoms with van der Waals surface area (Å²) >= 11 is 1.45. The van der Waals surface area contributed by atoms with Crippen molar-refractivity contribution in [2.75, 3.05) is 18.5 Å². The molecule has 2 N–H and O–H groups in total. The van der Waals surface area contributed by atoms with Gasteiger partial charge < -0.3 is 20.1 Å². The number of carbonyl (C=O) groups is 2. The van der Waals surface area contributed by atoms with E-state index in [1.807, 2.05) is 48.7 Å². The molecule has 3 rings (SSSR count). The molecule has 1 aromatic heterocycles. The van der Waals surface area contributed by atoms with Gasteiger partial charge in [-0.15, -0.1) is 0 Å². The summed E-state index contributed by atoms with van der Waals surface area (Å²) in [7, 11) is 0. The minimum absolute atomic E-state index is 0.160. The van der Waals surface area contributed by atoms with Gasteiger partial charge in [-0.25, -0.2) is 0 Å². The summed E-state index contributed by atoms with van der Waals surface area (Å²) in [6.07, 6.45) is 0.160. The predicted octanol–water partition coefficient (Wildman–Crippen LogP) is 4.70. The lowest BCUT2D eigenvalue weighted by molar-refractivity contribution is -0.116. The standard InChI is InChI=1S/C22H22N2O4S/c1-2-27-17-7-9-18(10-8-17)28-20-6-4-3-5-19(20)24-21(25)11-13-23-22(26)16-12-14-29-15-16/h3-10,12,14-15H,2,11,13H2,1H3,(H,23,26)(H,24,25). The Bertz CT molecular complexity index is 940. The minimum Gasteiger partial charge on any atom is -0.494 e. The molecule has 0 saturated heterocycles. The van der Waals surface area contributed by atoms with E-state index in [1.165, 1.54) is 11.3 Å². The molecule has 0 saturated carbocycles. The zero-order chi connectivity index (χ0) is 20.5. The van der Waals surface area contributed by atoms with Crippen LogP contribution in [0.1, 0.15) is 23.7 Å². The van der Waals surface area contributed by atoms with Gasteiger partial charge in [0, 0.05) is 23.9 Å². The van der Waals surface area contributed by atoms with Gasteiger partial charge in [0.25, 0.3) is 5.91 Å². The van der Waals surface area contributed by atoms with Crippen LogP contribution in [-0.2, 0) is 4.79 Å². The zero-order valence-corrected chi connectivity index (χ0v) is 16.8. The molecule has 0 unspecified atom stereocenters. The van der Waals surface area contributed by atoms with Gasteiger partial charge in [0.15, 0.2) is 5.75 Å². The highest BCUT2D eigenvalue weighted by atomic mass is 32.1. The Morgan fingerprint density at radius 3 is 2.48 bits per heavy atom. The fourth-order valence-corrected chi connectivity index (χ4v) is 3.19. The van der Waals surface area contributed by atoms with E-state index in [4.69, 9.17) is 9.47 Å². The molecule has 0 bridgehead atoms. The number of para-hydroxylation sites is 2. The molecule has 7 heteroatoms. The lowest BCUT2D eigenvalue weighted by atomic mass is 10.2. The van der Waals surface area contributed by atoms with Crippen molar-refractivity contribution >= 4 is 28.8 Å². The molecule has 0 radical (unpaired) electrons. The molecule has 0 aliphatic rings. The quantitative estimate of drug-likeness (QED) is 0.536. The average Bonchev–Trinajstić information content (AvgIpc) is 3.26. The number of thiophene rings is 1. The summed E-state index contributed by atoms with van der Waals surface area (Å²) in [4.78, 5) is 24.2. The highest BCUT2D eigenvalue weighted by Crippen LogP contribution is 2.30. The predicted molar refractivity (Wildman–Crippen MR) is 114 cm³/mol. The molecule has 150 valence electrons. The van der Waals surface area contributed by atoms with Crippen LogP contribution >= 0.6 is 11.3 Å². The number of benzene rings is 2. The highest BCUT2D eigenvalue weighted by Gasteiger charge is 2.10. The summed E-state index contributed by atoms with van der Waals surface area (Å²) in [5.41, 5.74) is 1.17. The Morgan fingerprint density at radius 1 is 1.00 bits per heavy atom. The number of carbonyl (C=O) groups excluding carboxylic acids is 2. The van der Waals surface area contributed by atoms with Crippen molar-refractivity contribution in [3.8, 4) is 17.2 Å². The van der Waals surface area contributed by atoms with E-state index < -0.39 is 0 Å². The number of amides is 2. The number of hydrogen-bond donors (Lipinski definition) is 2. The summed E-state index contributed by atoms with van der Waals surface area (Å²) < 4.78 is 11.3. The molecule has 0 fully saturated rings. The second-order valence-electron chi connectivity index (χ2n) is 6.07. The summed E-state index contributed by atoms with van der Waals surface area (Å²) in [6, 6.07) is 16.2. The molecular formula is C22H22N2O4S. The lowest BCUT2D eigenvalue weighted by Gasteiger charge is -2.13. The summed E-state index contributed by atoms with van der Waals surface area (Å²) in [6.45, 7) is 2.78. The molecular weight excluding hydrogens is 388 g/mol. The van der Waals surface area contributed by atoms with Crippen molar-refractivity contribution in [3.05, 3.63) is 70.9 Å². The monoisotopic (exact) mass is 410 g/mol. The molecule has 2 aromatic carbocycles. The first kappa shape index (κ1) is 20.4. The maximum absolute atomic E-state index is 12.3. The highest BCUT2D eigenvalue weighted by molar-refractivity contribution is 7.08. The number of anilines is 1. The second-order valence-corrected chi connectivity index (χ2v) is 6.85. The molecule has 0 aliphatic carbocycles. The maximum Gasteiger partial charge on any atom is 0.252 e. The van der Waals surface area contributed by atoms with Gasteiger partial charge in [0.1, 0.15) is 11.5 Å². The van der Waals surface area contributed by atoms with Crippen molar-refractivity contribution in [2.45, 2.75) is 13.3 Å². The van der Waals surface area contributed by atoms with E-state index in [0.717, 1.165) is 5.75 Å². The van der Waals surface area contributed by atoms with Crippen molar-refractivity contribution in [1.82, 2.24) is 5.32 Å². The fourth-order valence-electron chi connectivity index (χ4n) is 2.55. The van der Waals surface area contributed by atoms with Crippen LogP contribution in [0.2, 0.25) is 0 Å². The van der Waals surface area contributed by atoms with Gasteiger partial charge in [0.2, 0.25) is 5.91 Å². The van der Waals surface area contributed by atoms with Crippen molar-refractivity contribution in [1.29, 1.82) is 0 Å². The van der Waals surface area contributed by atoms with Gasteiger partial charge in [-0.2, -0.15) is 11.3 Å². The van der Waals surface area contributed by atoms with Crippen LogP contribution in [0, 0.1) is 0 Å². The van der Waals surface area contributed by atoms with Gasteiger partial charge >= 0.3 is 0 Å². The SMILES string of the molecule is CCOc1ccc(Oc2ccccc2NC(=O)CCNC(=O)c2ccsc2)cc1. The summed E-state index contributed by atoms with van der Waals surface area (Å²) in [5, 5.41) is 9.17. The number of nitrogens with one attached hydrogen (secondary N) is 2. The molecule has 29 heavy (non-hydrogen) atoms. The van der Waals surface area contributed by atoms with Crippen molar-refractivity contribution in [3.63, 3.8) is 0 Å². The molecule has 0 atom stereocenters. The van der Waals surface area contributed by atoms with E-state index in [9.17, 15) is 9.59 Å². The van der Waals surface area contributed by atoms with Gasteiger partial charge in [-0.05, 0) is 54.8 Å². The number of ether oxygens (including phenoxy) is 2. The number of rotatable bonds is 9. The molecule has 6 nitrogen and oxygen atoms in total. The average molecular weight is 410 g/mol. The largest absolute Gasteiger partial charge is 0.494 e. The Hall–Kier alpha value is -3.32. The molecule has 2 amide bonds. The van der Waals surface area contributed by atoms with E-state index in [1.54, 1.807) is 23.6 Å². The number of hydrogen-bond acceptors (Lipinski definition) is 5. The van der Waals surface area contributed by atoms with Crippen LogP contribution in [0.25, 0.3) is 0 Å². The molecule has 0 spiro atoms. The van der Waals surface area contributed by atoms with Crippen LogP contribution in [0.15, 0.2) is 65.4 Å². The lowest BCUT2D eigenvalue weighted by Crippen LogP contribution is -2.27. The summed E-state index contributed by atoms with van der Waals surface area (Å²) in [5.74, 6) is 1.55. The zero-order valence-electron chi connectivity index (χ0n) is 16.0. The Balaban J connectivity index is 1.54. The van der Waals surface area contributed by atoms with Crippen LogP contribution < -0.4 is 20.1 Å². The van der Waals surface area contributed by atoms with Crippen molar-refractivity contribution < 1.29 is 19.1 Å². The van der Waals surface area contributed by atoms with Crippen LogP contribution in [0.3, 0.4) is 0 Å². The molecule has 1 heterocycles. The van der Waals surface area contributed by atoms with Crippen LogP contribution in [0.5, 0.6) is 17.2 Å². The molecule has 0 aliphatic heterocycles. The topological polar surface area (TPSA) is 76.7 Å². The van der Waals surface area contributed by atoms with Gasteiger partial charge in [-0.1, -0.05) is 12.1 Å².